The molecule has 1 aromatic rings. The first-order valence-electron chi connectivity index (χ1n) is 6.32. The highest BCUT2D eigenvalue weighted by Crippen LogP contribution is 2.30. The second kappa shape index (κ2) is 5.26. The zero-order chi connectivity index (χ0) is 13.9. The highest BCUT2D eigenvalue weighted by molar-refractivity contribution is 5.92. The van der Waals surface area contributed by atoms with Gasteiger partial charge >= 0.3 is 5.97 Å². The average Bonchev–Trinajstić information content (AvgIpc) is 2.35. The van der Waals surface area contributed by atoms with Gasteiger partial charge in [0.1, 0.15) is 0 Å². The van der Waals surface area contributed by atoms with Crippen LogP contribution in [0, 0.1) is 0 Å². The van der Waals surface area contributed by atoms with Crippen LogP contribution < -0.4 is 5.32 Å². The van der Waals surface area contributed by atoms with E-state index in [-0.39, 0.29) is 17.0 Å². The van der Waals surface area contributed by atoms with Crippen molar-refractivity contribution in [2.24, 2.45) is 0 Å². The number of rotatable bonds is 4. The van der Waals surface area contributed by atoms with Gasteiger partial charge in [0.15, 0.2) is 0 Å². The lowest BCUT2D eigenvalue weighted by molar-refractivity contribution is -0.119. The monoisotopic (exact) mass is 259 g/mol. The fraction of sp³-hybridized carbons (Fsp3) is 0.333. The summed E-state index contributed by atoms with van der Waals surface area (Å²) in [5.41, 5.74) is 0.997. The van der Waals surface area contributed by atoms with Crippen molar-refractivity contribution < 1.29 is 14.7 Å². The van der Waals surface area contributed by atoms with Crippen LogP contribution in [0.2, 0.25) is 0 Å². The SMILES string of the molecule is CC1(NC(=O)/C=C/c2ccc(C(=O)O)cc2)CCC1. The van der Waals surface area contributed by atoms with Crippen LogP contribution in [0.1, 0.15) is 42.1 Å². The van der Waals surface area contributed by atoms with Gasteiger partial charge in [-0.25, -0.2) is 4.79 Å². The zero-order valence-corrected chi connectivity index (χ0v) is 10.8. The van der Waals surface area contributed by atoms with E-state index in [1.807, 2.05) is 6.92 Å². The van der Waals surface area contributed by atoms with Crippen LogP contribution >= 0.6 is 0 Å². The summed E-state index contributed by atoms with van der Waals surface area (Å²) in [5, 5.41) is 11.7. The molecule has 4 nitrogen and oxygen atoms in total. The van der Waals surface area contributed by atoms with Gasteiger partial charge in [-0.15, -0.1) is 0 Å². The fourth-order valence-corrected chi connectivity index (χ4v) is 2.08. The molecular formula is C15H17NO3. The Bertz CT molecular complexity index is 513. The van der Waals surface area contributed by atoms with Crippen LogP contribution in [0.4, 0.5) is 0 Å². The molecule has 1 aromatic carbocycles. The second-order valence-corrected chi connectivity index (χ2v) is 5.16. The smallest absolute Gasteiger partial charge is 0.335 e. The quantitative estimate of drug-likeness (QED) is 0.816. The molecule has 1 amide bonds. The Kier molecular flexibility index (Phi) is 3.69. The minimum atomic E-state index is -0.953. The molecule has 1 saturated carbocycles. The maximum absolute atomic E-state index is 11.7. The van der Waals surface area contributed by atoms with Crippen LogP contribution in [0.5, 0.6) is 0 Å². The topological polar surface area (TPSA) is 66.4 Å². The molecule has 0 aliphatic heterocycles. The molecule has 19 heavy (non-hydrogen) atoms. The lowest BCUT2D eigenvalue weighted by atomic mass is 9.78. The number of carboxylic acids is 1. The number of hydrogen-bond donors (Lipinski definition) is 2. The summed E-state index contributed by atoms with van der Waals surface area (Å²) >= 11 is 0. The largest absolute Gasteiger partial charge is 0.478 e. The normalized spacial score (nSPS) is 16.9. The summed E-state index contributed by atoms with van der Waals surface area (Å²) in [4.78, 5) is 22.4. The molecule has 0 radical (unpaired) electrons. The van der Waals surface area contributed by atoms with Crippen molar-refractivity contribution in [3.63, 3.8) is 0 Å². The highest BCUT2D eigenvalue weighted by Gasteiger charge is 2.32. The van der Waals surface area contributed by atoms with Gasteiger partial charge < -0.3 is 10.4 Å². The lowest BCUT2D eigenvalue weighted by Crippen LogP contribution is -2.50. The Hall–Kier alpha value is -2.10. The molecule has 100 valence electrons. The Morgan fingerprint density at radius 1 is 1.26 bits per heavy atom. The molecular weight excluding hydrogens is 242 g/mol. The highest BCUT2D eigenvalue weighted by atomic mass is 16.4. The van der Waals surface area contributed by atoms with Crippen molar-refractivity contribution >= 4 is 18.0 Å². The molecule has 0 saturated heterocycles. The molecule has 0 unspecified atom stereocenters. The number of amides is 1. The third-order valence-electron chi connectivity index (χ3n) is 3.47. The van der Waals surface area contributed by atoms with Gasteiger partial charge in [0.2, 0.25) is 5.91 Å². The Balaban J connectivity index is 1.94. The number of carbonyl (C=O) groups excluding carboxylic acids is 1. The minimum absolute atomic E-state index is 0.0470. The van der Waals surface area contributed by atoms with Gasteiger partial charge in [-0.3, -0.25) is 4.79 Å². The summed E-state index contributed by atoms with van der Waals surface area (Å²) in [6.45, 7) is 2.05. The molecule has 1 aliphatic rings. The summed E-state index contributed by atoms with van der Waals surface area (Å²) in [7, 11) is 0. The fourth-order valence-electron chi connectivity index (χ4n) is 2.08. The first kappa shape index (κ1) is 13.3. The van der Waals surface area contributed by atoms with Crippen molar-refractivity contribution in [3.05, 3.63) is 41.5 Å². The standard InChI is InChI=1S/C15H17NO3/c1-15(9-2-10-15)16-13(17)8-5-11-3-6-12(7-4-11)14(18)19/h3-8H,2,9-10H2,1H3,(H,16,17)(H,18,19)/b8-5+. The third kappa shape index (κ3) is 3.44. The maximum atomic E-state index is 11.7. The van der Waals surface area contributed by atoms with Gasteiger partial charge in [-0.05, 0) is 50.0 Å². The van der Waals surface area contributed by atoms with Crippen molar-refractivity contribution in [2.45, 2.75) is 31.7 Å². The van der Waals surface area contributed by atoms with Crippen LogP contribution in [0.3, 0.4) is 0 Å². The molecule has 2 rings (SSSR count). The number of benzene rings is 1. The number of nitrogens with one attached hydrogen (secondary N) is 1. The van der Waals surface area contributed by atoms with Crippen LogP contribution in [-0.2, 0) is 4.79 Å². The van der Waals surface area contributed by atoms with E-state index in [0.717, 1.165) is 24.8 Å². The molecule has 1 fully saturated rings. The average molecular weight is 259 g/mol. The van der Waals surface area contributed by atoms with Gasteiger partial charge in [0, 0.05) is 11.6 Å². The zero-order valence-electron chi connectivity index (χ0n) is 10.8. The molecule has 0 bridgehead atoms. The van der Waals surface area contributed by atoms with Crippen molar-refractivity contribution in [1.29, 1.82) is 0 Å². The number of hydrogen-bond acceptors (Lipinski definition) is 2. The van der Waals surface area contributed by atoms with Gasteiger partial charge in [0.25, 0.3) is 0 Å². The summed E-state index contributed by atoms with van der Waals surface area (Å²) in [5.74, 6) is -1.06. The van der Waals surface area contributed by atoms with E-state index < -0.39 is 5.97 Å². The minimum Gasteiger partial charge on any atom is -0.478 e. The maximum Gasteiger partial charge on any atom is 0.335 e. The van der Waals surface area contributed by atoms with E-state index in [1.54, 1.807) is 18.2 Å². The van der Waals surface area contributed by atoms with Gasteiger partial charge in [-0.2, -0.15) is 0 Å². The van der Waals surface area contributed by atoms with Crippen LogP contribution in [-0.4, -0.2) is 22.5 Å². The molecule has 4 heteroatoms. The Labute approximate surface area is 112 Å². The number of carbonyl (C=O) groups is 2. The summed E-state index contributed by atoms with van der Waals surface area (Å²) in [6, 6.07) is 6.40. The Morgan fingerprint density at radius 3 is 2.37 bits per heavy atom. The van der Waals surface area contributed by atoms with E-state index in [0.29, 0.717) is 0 Å². The second-order valence-electron chi connectivity index (χ2n) is 5.16. The first-order chi connectivity index (χ1) is 8.98. The van der Waals surface area contributed by atoms with Gasteiger partial charge in [0.05, 0.1) is 5.56 Å². The molecule has 0 aromatic heterocycles. The summed E-state index contributed by atoms with van der Waals surface area (Å²) in [6.07, 6.45) is 6.39. The molecule has 0 atom stereocenters. The third-order valence-corrected chi connectivity index (χ3v) is 3.47. The van der Waals surface area contributed by atoms with E-state index in [4.69, 9.17) is 5.11 Å². The first-order valence-corrected chi connectivity index (χ1v) is 6.32. The lowest BCUT2D eigenvalue weighted by Gasteiger charge is -2.38. The number of aromatic carboxylic acids is 1. The molecule has 0 spiro atoms. The predicted octanol–water partition coefficient (Wildman–Crippen LogP) is 2.46. The van der Waals surface area contributed by atoms with E-state index in [2.05, 4.69) is 5.32 Å². The molecule has 0 heterocycles. The van der Waals surface area contributed by atoms with Crippen LogP contribution in [0.25, 0.3) is 6.08 Å². The van der Waals surface area contributed by atoms with Crippen LogP contribution in [0.15, 0.2) is 30.3 Å². The van der Waals surface area contributed by atoms with Crippen molar-refractivity contribution in [2.75, 3.05) is 0 Å². The summed E-state index contributed by atoms with van der Waals surface area (Å²) < 4.78 is 0. The molecule has 1 aliphatic carbocycles. The predicted molar refractivity (Wildman–Crippen MR) is 72.8 cm³/mol. The van der Waals surface area contributed by atoms with E-state index >= 15 is 0 Å². The molecule has 2 N–H and O–H groups in total. The van der Waals surface area contributed by atoms with Crippen molar-refractivity contribution in [3.8, 4) is 0 Å². The van der Waals surface area contributed by atoms with E-state index in [9.17, 15) is 9.59 Å². The Morgan fingerprint density at radius 2 is 1.89 bits per heavy atom. The van der Waals surface area contributed by atoms with Crippen molar-refractivity contribution in [1.82, 2.24) is 5.32 Å². The van der Waals surface area contributed by atoms with Gasteiger partial charge in [-0.1, -0.05) is 12.1 Å². The van der Waals surface area contributed by atoms with E-state index in [1.165, 1.54) is 18.2 Å². The number of carboxylic acid groups (broad SMARTS) is 1.